The summed E-state index contributed by atoms with van der Waals surface area (Å²) in [6.07, 6.45) is -0.378. The Hall–Kier alpha value is -2.01. The lowest BCUT2D eigenvalue weighted by atomic mass is 10.1. The van der Waals surface area contributed by atoms with E-state index in [0.717, 1.165) is 10.3 Å². The van der Waals surface area contributed by atoms with E-state index in [0.29, 0.717) is 16.4 Å². The van der Waals surface area contributed by atoms with E-state index in [-0.39, 0.29) is 24.8 Å². The number of likely N-dealkylation sites (tertiary alicyclic amines) is 1. The van der Waals surface area contributed by atoms with Crippen LogP contribution in [0.3, 0.4) is 0 Å². The van der Waals surface area contributed by atoms with Gasteiger partial charge in [-0.2, -0.15) is 0 Å². The van der Waals surface area contributed by atoms with Crippen molar-refractivity contribution in [1.29, 1.82) is 0 Å². The molecule has 3 rings (SSSR count). The number of halogens is 1. The molecular formula is C17H18ClNO4. The van der Waals surface area contributed by atoms with Gasteiger partial charge in [-0.1, -0.05) is 11.6 Å². The number of ether oxygens (including phenoxy) is 1. The quantitative estimate of drug-likeness (QED) is 0.778. The molecule has 23 heavy (non-hydrogen) atoms. The number of hydrogen-bond acceptors (Lipinski definition) is 4. The normalized spacial score (nSPS) is 18.7. The van der Waals surface area contributed by atoms with Gasteiger partial charge in [0.05, 0.1) is 0 Å². The number of imide groups is 1. The Morgan fingerprint density at radius 3 is 2.78 bits per heavy atom. The third-order valence-corrected chi connectivity index (χ3v) is 3.87. The Bertz CT molecular complexity index is 774. The molecule has 1 aromatic heterocycles. The van der Waals surface area contributed by atoms with Crippen molar-refractivity contribution >= 4 is 34.6 Å². The minimum Gasteiger partial charge on any atom is -0.461 e. The number of nitrogens with zero attached hydrogens (tertiary/aromatic N) is 1. The van der Waals surface area contributed by atoms with Crippen LogP contribution in [0.4, 0.5) is 4.79 Å². The highest BCUT2D eigenvalue weighted by Gasteiger charge is 2.38. The molecule has 0 spiro atoms. The van der Waals surface area contributed by atoms with Gasteiger partial charge in [-0.15, -0.1) is 0 Å². The second-order valence-electron chi connectivity index (χ2n) is 6.72. The Morgan fingerprint density at radius 2 is 2.09 bits per heavy atom. The summed E-state index contributed by atoms with van der Waals surface area (Å²) in [6.45, 7) is 5.57. The minimum absolute atomic E-state index is 0.166. The van der Waals surface area contributed by atoms with Crippen LogP contribution in [0.25, 0.3) is 11.0 Å². The first kappa shape index (κ1) is 15.9. The molecule has 1 fully saturated rings. The van der Waals surface area contributed by atoms with E-state index in [1.807, 2.05) is 12.1 Å². The number of benzene rings is 1. The van der Waals surface area contributed by atoms with Crippen LogP contribution in [0.5, 0.6) is 0 Å². The molecule has 2 heterocycles. The predicted octanol–water partition coefficient (Wildman–Crippen LogP) is 4.34. The molecule has 1 aliphatic heterocycles. The summed E-state index contributed by atoms with van der Waals surface area (Å²) in [7, 11) is 0. The summed E-state index contributed by atoms with van der Waals surface area (Å²) in [4.78, 5) is 25.4. The highest BCUT2D eigenvalue weighted by molar-refractivity contribution is 6.31. The molecule has 1 aliphatic rings. The fourth-order valence-corrected chi connectivity index (χ4v) is 2.81. The molecule has 1 unspecified atom stereocenters. The van der Waals surface area contributed by atoms with Crippen LogP contribution < -0.4 is 0 Å². The third kappa shape index (κ3) is 3.34. The maximum Gasteiger partial charge on any atom is 0.417 e. The molecule has 0 radical (unpaired) electrons. The van der Waals surface area contributed by atoms with Crippen LogP contribution in [0.1, 0.15) is 38.9 Å². The Balaban J connectivity index is 1.79. The largest absolute Gasteiger partial charge is 0.461 e. The van der Waals surface area contributed by atoms with Crippen LogP contribution in [-0.2, 0) is 9.53 Å². The maximum absolute atomic E-state index is 12.1. The molecule has 5 nitrogen and oxygen atoms in total. The van der Waals surface area contributed by atoms with Crippen molar-refractivity contribution in [3.05, 3.63) is 35.0 Å². The number of fused-ring (bicyclic) bond motifs is 1. The van der Waals surface area contributed by atoms with E-state index in [9.17, 15) is 9.59 Å². The van der Waals surface area contributed by atoms with E-state index < -0.39 is 11.7 Å². The fraction of sp³-hybridized carbons (Fsp3) is 0.412. The lowest BCUT2D eigenvalue weighted by molar-refractivity contribution is -0.127. The van der Waals surface area contributed by atoms with Gasteiger partial charge in [0.2, 0.25) is 5.91 Å². The molecule has 122 valence electrons. The number of carbonyl (C=O) groups is 2. The van der Waals surface area contributed by atoms with E-state index in [1.54, 1.807) is 32.9 Å². The lowest BCUT2D eigenvalue weighted by Gasteiger charge is -2.23. The number of carbonyl (C=O) groups excluding carboxylic acids is 2. The fourth-order valence-electron chi connectivity index (χ4n) is 2.63. The monoisotopic (exact) mass is 335 g/mol. The summed E-state index contributed by atoms with van der Waals surface area (Å²) >= 11 is 5.97. The average Bonchev–Trinajstić information content (AvgIpc) is 2.99. The van der Waals surface area contributed by atoms with Gasteiger partial charge < -0.3 is 9.15 Å². The van der Waals surface area contributed by atoms with E-state index in [4.69, 9.17) is 20.8 Å². The Kier molecular flexibility index (Phi) is 3.84. The molecule has 6 heteroatoms. The summed E-state index contributed by atoms with van der Waals surface area (Å²) in [5, 5.41) is 1.51. The summed E-state index contributed by atoms with van der Waals surface area (Å²) < 4.78 is 11.1. The molecule has 0 aliphatic carbocycles. The predicted molar refractivity (Wildman–Crippen MR) is 86.5 cm³/mol. The van der Waals surface area contributed by atoms with Crippen molar-refractivity contribution in [3.8, 4) is 0 Å². The summed E-state index contributed by atoms with van der Waals surface area (Å²) in [6, 6.07) is 7.23. The van der Waals surface area contributed by atoms with Crippen LogP contribution >= 0.6 is 11.6 Å². The molecule has 2 amide bonds. The average molecular weight is 336 g/mol. The molecule has 0 saturated carbocycles. The molecule has 1 atom stereocenters. The van der Waals surface area contributed by atoms with Crippen LogP contribution in [-0.4, -0.2) is 29.0 Å². The van der Waals surface area contributed by atoms with Crippen molar-refractivity contribution in [2.45, 2.75) is 38.7 Å². The first-order valence-electron chi connectivity index (χ1n) is 7.45. The van der Waals surface area contributed by atoms with Crippen LogP contribution in [0.2, 0.25) is 5.02 Å². The zero-order valence-corrected chi connectivity index (χ0v) is 14.0. The van der Waals surface area contributed by atoms with Crippen LogP contribution in [0.15, 0.2) is 28.7 Å². The molecule has 0 N–H and O–H groups in total. The number of amides is 2. The van der Waals surface area contributed by atoms with Gasteiger partial charge >= 0.3 is 6.09 Å². The van der Waals surface area contributed by atoms with Gasteiger partial charge in [0, 0.05) is 29.3 Å². The molecule has 1 aromatic carbocycles. The Labute approximate surface area is 139 Å². The number of rotatable bonds is 1. The molecule has 2 aromatic rings. The first-order valence-corrected chi connectivity index (χ1v) is 7.83. The van der Waals surface area contributed by atoms with Gasteiger partial charge in [0.1, 0.15) is 16.9 Å². The van der Waals surface area contributed by atoms with Gasteiger partial charge in [0.15, 0.2) is 0 Å². The lowest BCUT2D eigenvalue weighted by Crippen LogP contribution is -2.37. The Morgan fingerprint density at radius 1 is 1.35 bits per heavy atom. The molecule has 0 bridgehead atoms. The van der Waals surface area contributed by atoms with Crippen molar-refractivity contribution in [3.63, 3.8) is 0 Å². The van der Waals surface area contributed by atoms with Gasteiger partial charge in [-0.3, -0.25) is 4.79 Å². The van der Waals surface area contributed by atoms with Crippen molar-refractivity contribution in [2.24, 2.45) is 0 Å². The summed E-state index contributed by atoms with van der Waals surface area (Å²) in [5.74, 6) is 0.269. The topological polar surface area (TPSA) is 59.8 Å². The van der Waals surface area contributed by atoms with E-state index >= 15 is 0 Å². The SMILES string of the molecule is CC(C)(C)OC(=O)N1CC(c2cc3cc(Cl)ccc3o2)CC1=O. The number of furan rings is 1. The zero-order valence-electron chi connectivity index (χ0n) is 13.3. The second kappa shape index (κ2) is 5.57. The van der Waals surface area contributed by atoms with E-state index in [1.165, 1.54) is 0 Å². The van der Waals surface area contributed by atoms with E-state index in [2.05, 4.69) is 0 Å². The third-order valence-electron chi connectivity index (χ3n) is 3.64. The second-order valence-corrected chi connectivity index (χ2v) is 7.15. The van der Waals surface area contributed by atoms with Crippen molar-refractivity contribution < 1.29 is 18.7 Å². The van der Waals surface area contributed by atoms with Gasteiger partial charge in [-0.25, -0.2) is 9.69 Å². The maximum atomic E-state index is 12.1. The molecular weight excluding hydrogens is 318 g/mol. The number of hydrogen-bond donors (Lipinski definition) is 0. The molecule has 1 saturated heterocycles. The van der Waals surface area contributed by atoms with Crippen molar-refractivity contribution in [1.82, 2.24) is 4.90 Å². The van der Waals surface area contributed by atoms with Crippen LogP contribution in [0, 0.1) is 0 Å². The highest BCUT2D eigenvalue weighted by atomic mass is 35.5. The smallest absolute Gasteiger partial charge is 0.417 e. The zero-order chi connectivity index (χ0) is 16.8. The summed E-state index contributed by atoms with van der Waals surface area (Å²) in [5.41, 5.74) is 0.0820. The van der Waals surface area contributed by atoms with Crippen molar-refractivity contribution in [2.75, 3.05) is 6.54 Å². The standard InChI is InChI=1S/C17H18ClNO4/c1-17(2,3)23-16(21)19-9-11(8-15(19)20)14-7-10-6-12(18)4-5-13(10)22-14/h4-7,11H,8-9H2,1-3H3. The first-order chi connectivity index (χ1) is 10.7. The highest BCUT2D eigenvalue weighted by Crippen LogP contribution is 2.33. The van der Waals surface area contributed by atoms with Gasteiger partial charge in [0.25, 0.3) is 0 Å². The van der Waals surface area contributed by atoms with Gasteiger partial charge in [-0.05, 0) is 45.0 Å². The minimum atomic E-state index is -0.633.